The standard InChI is InChI=1S/C31H30ClN3O4S/c1-20-8-15-24(16-9-20)35-40(38,39)28-18-22(12-17-27(28)32)30(37)34-26-7-5-6-25(19-26)33-29(36)21-10-13-23(14-11-21)31(2,3)4/h5-19,35H,1-4H3,(H,33,36)(H,34,37). The van der Waals surface area contributed by atoms with Gasteiger partial charge in [-0.1, -0.05) is 68.3 Å². The van der Waals surface area contributed by atoms with Crippen molar-refractivity contribution < 1.29 is 18.0 Å². The molecule has 7 nitrogen and oxygen atoms in total. The summed E-state index contributed by atoms with van der Waals surface area (Å²) in [5.74, 6) is -0.817. The third-order valence-electron chi connectivity index (χ3n) is 6.18. The first-order valence-corrected chi connectivity index (χ1v) is 14.4. The van der Waals surface area contributed by atoms with Gasteiger partial charge in [-0.2, -0.15) is 0 Å². The van der Waals surface area contributed by atoms with Gasteiger partial charge in [0.15, 0.2) is 0 Å². The molecule has 4 rings (SSSR count). The minimum Gasteiger partial charge on any atom is -0.322 e. The van der Waals surface area contributed by atoms with Crippen LogP contribution in [0, 0.1) is 6.92 Å². The second-order valence-electron chi connectivity index (χ2n) is 10.4. The highest BCUT2D eigenvalue weighted by Crippen LogP contribution is 2.27. The van der Waals surface area contributed by atoms with Crippen LogP contribution in [0.1, 0.15) is 52.6 Å². The molecule has 0 bridgehead atoms. The number of hydrogen-bond donors (Lipinski definition) is 3. The number of anilines is 3. The molecule has 0 saturated carbocycles. The highest BCUT2D eigenvalue weighted by molar-refractivity contribution is 7.92. The molecule has 0 saturated heterocycles. The van der Waals surface area contributed by atoms with E-state index in [2.05, 4.69) is 36.1 Å². The predicted octanol–water partition coefficient (Wildman–Crippen LogP) is 7.25. The number of halogens is 1. The van der Waals surface area contributed by atoms with E-state index in [4.69, 9.17) is 11.6 Å². The van der Waals surface area contributed by atoms with Gasteiger partial charge in [0.05, 0.1) is 5.02 Å². The number of nitrogens with one attached hydrogen (secondary N) is 3. The van der Waals surface area contributed by atoms with Crippen molar-refractivity contribution in [2.45, 2.75) is 38.0 Å². The highest BCUT2D eigenvalue weighted by atomic mass is 35.5. The van der Waals surface area contributed by atoms with Gasteiger partial charge in [-0.3, -0.25) is 14.3 Å². The van der Waals surface area contributed by atoms with Crippen LogP contribution in [0.2, 0.25) is 5.02 Å². The lowest BCUT2D eigenvalue weighted by atomic mass is 9.87. The second-order valence-corrected chi connectivity index (χ2v) is 12.5. The fourth-order valence-corrected chi connectivity index (χ4v) is 5.47. The lowest BCUT2D eigenvalue weighted by Gasteiger charge is -2.19. The van der Waals surface area contributed by atoms with Crippen molar-refractivity contribution in [1.29, 1.82) is 0 Å². The van der Waals surface area contributed by atoms with Gasteiger partial charge >= 0.3 is 0 Å². The summed E-state index contributed by atoms with van der Waals surface area (Å²) in [4.78, 5) is 25.6. The first-order chi connectivity index (χ1) is 18.8. The summed E-state index contributed by atoms with van der Waals surface area (Å²) in [6.45, 7) is 8.21. The summed E-state index contributed by atoms with van der Waals surface area (Å²) >= 11 is 6.20. The zero-order valence-corrected chi connectivity index (χ0v) is 24.2. The van der Waals surface area contributed by atoms with Crippen molar-refractivity contribution in [2.75, 3.05) is 15.4 Å². The maximum Gasteiger partial charge on any atom is 0.263 e. The average molecular weight is 576 g/mol. The van der Waals surface area contributed by atoms with Gasteiger partial charge in [0, 0.05) is 28.2 Å². The van der Waals surface area contributed by atoms with Gasteiger partial charge in [0.25, 0.3) is 21.8 Å². The SMILES string of the molecule is Cc1ccc(NS(=O)(=O)c2cc(C(=O)Nc3cccc(NC(=O)c4ccc(C(C)(C)C)cc4)c3)ccc2Cl)cc1. The molecule has 4 aromatic rings. The van der Waals surface area contributed by atoms with Crippen LogP contribution in [0.25, 0.3) is 0 Å². The Balaban J connectivity index is 1.47. The Morgan fingerprint density at radius 1 is 0.700 bits per heavy atom. The molecule has 0 fully saturated rings. The number of aryl methyl sites for hydroxylation is 1. The number of amides is 2. The Morgan fingerprint density at radius 2 is 1.25 bits per heavy atom. The van der Waals surface area contributed by atoms with E-state index in [0.717, 1.165) is 11.1 Å². The molecule has 0 radical (unpaired) electrons. The maximum absolute atomic E-state index is 13.0. The Hall–Kier alpha value is -4.14. The summed E-state index contributed by atoms with van der Waals surface area (Å²) in [6, 6.07) is 25.0. The number of rotatable bonds is 7. The zero-order valence-electron chi connectivity index (χ0n) is 22.6. The van der Waals surface area contributed by atoms with E-state index in [0.29, 0.717) is 22.6 Å². The van der Waals surface area contributed by atoms with Crippen molar-refractivity contribution >= 4 is 50.5 Å². The molecule has 206 valence electrons. The molecule has 0 heterocycles. The summed E-state index contributed by atoms with van der Waals surface area (Å²) in [6.07, 6.45) is 0. The molecule has 0 aliphatic heterocycles. The molecule has 0 aliphatic carbocycles. The minimum atomic E-state index is -4.05. The molecule has 0 unspecified atom stereocenters. The second kappa shape index (κ2) is 11.5. The third kappa shape index (κ3) is 7.08. The number of benzene rings is 4. The quantitative estimate of drug-likeness (QED) is 0.216. The van der Waals surface area contributed by atoms with E-state index in [9.17, 15) is 18.0 Å². The maximum atomic E-state index is 13.0. The lowest BCUT2D eigenvalue weighted by molar-refractivity contribution is 0.101. The van der Waals surface area contributed by atoms with Crippen LogP contribution in [0.4, 0.5) is 17.1 Å². The van der Waals surface area contributed by atoms with Crippen LogP contribution in [0.5, 0.6) is 0 Å². The first-order valence-electron chi connectivity index (χ1n) is 12.5. The minimum absolute atomic E-state index is 0.0172. The normalized spacial score (nSPS) is 11.5. The number of sulfonamides is 1. The Bertz CT molecular complexity index is 1660. The third-order valence-corrected chi connectivity index (χ3v) is 8.04. The van der Waals surface area contributed by atoms with Crippen LogP contribution in [-0.4, -0.2) is 20.2 Å². The monoisotopic (exact) mass is 575 g/mol. The topological polar surface area (TPSA) is 104 Å². The van der Waals surface area contributed by atoms with Gasteiger partial charge in [0.2, 0.25) is 0 Å². The Kier molecular flexibility index (Phi) is 8.32. The van der Waals surface area contributed by atoms with Gasteiger partial charge < -0.3 is 10.6 Å². The van der Waals surface area contributed by atoms with Crippen LogP contribution in [0.15, 0.2) is 95.9 Å². The smallest absolute Gasteiger partial charge is 0.263 e. The molecular formula is C31H30ClN3O4S. The van der Waals surface area contributed by atoms with E-state index in [1.165, 1.54) is 18.2 Å². The van der Waals surface area contributed by atoms with E-state index >= 15 is 0 Å². The van der Waals surface area contributed by atoms with Crippen molar-refractivity contribution in [3.8, 4) is 0 Å². The van der Waals surface area contributed by atoms with E-state index < -0.39 is 15.9 Å². The van der Waals surface area contributed by atoms with Crippen LogP contribution in [0.3, 0.4) is 0 Å². The molecule has 3 N–H and O–H groups in total. The largest absolute Gasteiger partial charge is 0.322 e. The fraction of sp³-hybridized carbons (Fsp3) is 0.161. The van der Waals surface area contributed by atoms with Crippen molar-refractivity contribution in [1.82, 2.24) is 0 Å². The highest BCUT2D eigenvalue weighted by Gasteiger charge is 2.21. The van der Waals surface area contributed by atoms with Gasteiger partial charge in [0.1, 0.15) is 4.90 Å². The molecule has 40 heavy (non-hydrogen) atoms. The van der Waals surface area contributed by atoms with Crippen molar-refractivity contribution in [2.24, 2.45) is 0 Å². The van der Waals surface area contributed by atoms with Gasteiger partial charge in [-0.15, -0.1) is 0 Å². The van der Waals surface area contributed by atoms with E-state index in [1.807, 2.05) is 19.1 Å². The summed E-state index contributed by atoms with van der Waals surface area (Å²) in [5.41, 5.74) is 3.98. The molecule has 2 amide bonds. The van der Waals surface area contributed by atoms with Gasteiger partial charge in [-0.05, 0) is 78.6 Å². The zero-order chi connectivity index (χ0) is 29.1. The van der Waals surface area contributed by atoms with Crippen LogP contribution in [-0.2, 0) is 15.4 Å². The fourth-order valence-electron chi connectivity index (χ4n) is 3.89. The summed E-state index contributed by atoms with van der Waals surface area (Å²) in [5, 5.41) is 5.56. The van der Waals surface area contributed by atoms with Crippen molar-refractivity contribution in [3.63, 3.8) is 0 Å². The summed E-state index contributed by atoms with van der Waals surface area (Å²) in [7, 11) is -4.05. The summed E-state index contributed by atoms with van der Waals surface area (Å²) < 4.78 is 28.5. The van der Waals surface area contributed by atoms with Crippen LogP contribution < -0.4 is 15.4 Å². The lowest BCUT2D eigenvalue weighted by Crippen LogP contribution is -2.17. The van der Waals surface area contributed by atoms with E-state index in [1.54, 1.807) is 60.7 Å². The number of hydrogen-bond acceptors (Lipinski definition) is 4. The molecule has 0 aromatic heterocycles. The molecule has 9 heteroatoms. The van der Waals surface area contributed by atoms with Gasteiger partial charge in [-0.25, -0.2) is 8.42 Å². The number of carbonyl (C=O) groups is 2. The molecule has 0 atom stereocenters. The van der Waals surface area contributed by atoms with Crippen molar-refractivity contribution in [3.05, 3.63) is 118 Å². The van der Waals surface area contributed by atoms with E-state index in [-0.39, 0.29) is 26.8 Å². The Morgan fingerprint density at radius 3 is 1.82 bits per heavy atom. The Labute approximate surface area is 239 Å². The number of carbonyl (C=O) groups excluding carboxylic acids is 2. The molecular weight excluding hydrogens is 546 g/mol. The average Bonchev–Trinajstić information content (AvgIpc) is 2.90. The molecule has 0 spiro atoms. The van der Waals surface area contributed by atoms with Crippen LogP contribution >= 0.6 is 11.6 Å². The predicted molar refractivity (Wildman–Crippen MR) is 161 cm³/mol. The molecule has 0 aliphatic rings. The molecule has 4 aromatic carbocycles. The first kappa shape index (κ1) is 28.9.